The molecule has 0 aliphatic rings. The van der Waals surface area contributed by atoms with Crippen LogP contribution in [0, 0.1) is 13.8 Å². The average molecular weight is 313 g/mol. The third-order valence-electron chi connectivity index (χ3n) is 3.90. The van der Waals surface area contributed by atoms with Gasteiger partial charge in [-0.25, -0.2) is 0 Å². The van der Waals surface area contributed by atoms with E-state index < -0.39 is 0 Å². The van der Waals surface area contributed by atoms with Crippen LogP contribution in [0.1, 0.15) is 40.0 Å². The Morgan fingerprint density at radius 3 is 2.22 bits per heavy atom. The van der Waals surface area contributed by atoms with Crippen LogP contribution in [0.3, 0.4) is 0 Å². The van der Waals surface area contributed by atoms with E-state index in [1.807, 2.05) is 20.8 Å². The van der Waals surface area contributed by atoms with E-state index in [1.54, 1.807) is 32.4 Å². The lowest BCUT2D eigenvalue weighted by atomic mass is 9.99. The molecule has 122 valence electrons. The molecule has 1 amide bonds. The second kappa shape index (κ2) is 7.18. The first-order valence-electron chi connectivity index (χ1n) is 7.57. The van der Waals surface area contributed by atoms with Crippen LogP contribution < -0.4 is 14.8 Å². The van der Waals surface area contributed by atoms with E-state index in [9.17, 15) is 4.79 Å². The van der Waals surface area contributed by atoms with E-state index >= 15 is 0 Å². The molecule has 0 saturated carbocycles. The maximum absolute atomic E-state index is 12.7. The molecule has 1 N–H and O–H groups in total. The molecule has 1 unspecified atom stereocenters. The Morgan fingerprint density at radius 2 is 1.65 bits per heavy atom. The molecule has 0 radical (unpaired) electrons. The van der Waals surface area contributed by atoms with Crippen LogP contribution in [0.2, 0.25) is 0 Å². The highest BCUT2D eigenvalue weighted by Crippen LogP contribution is 2.29. The summed E-state index contributed by atoms with van der Waals surface area (Å²) in [4.78, 5) is 12.7. The number of aryl methyl sites for hydroxylation is 2. The van der Waals surface area contributed by atoms with Crippen molar-refractivity contribution in [2.24, 2.45) is 0 Å². The molecule has 0 heterocycles. The van der Waals surface area contributed by atoms with Gasteiger partial charge in [0, 0.05) is 0 Å². The molecule has 4 nitrogen and oxygen atoms in total. The molecule has 4 heteroatoms. The van der Waals surface area contributed by atoms with Crippen LogP contribution in [0.4, 0.5) is 0 Å². The van der Waals surface area contributed by atoms with E-state index in [0.29, 0.717) is 17.1 Å². The molecule has 0 aromatic heterocycles. The van der Waals surface area contributed by atoms with Gasteiger partial charge in [0.2, 0.25) is 0 Å². The Labute approximate surface area is 137 Å². The number of carbonyl (C=O) groups is 1. The van der Waals surface area contributed by atoms with Gasteiger partial charge in [0.1, 0.15) is 17.1 Å². The summed E-state index contributed by atoms with van der Waals surface area (Å²) in [6, 6.07) is 11.4. The topological polar surface area (TPSA) is 47.6 Å². The maximum Gasteiger partial charge on any atom is 0.259 e. The Bertz CT molecular complexity index is 688. The first kappa shape index (κ1) is 16.9. The molecule has 0 saturated heterocycles. The molecule has 0 aliphatic heterocycles. The fourth-order valence-electron chi connectivity index (χ4n) is 2.65. The van der Waals surface area contributed by atoms with Crippen molar-refractivity contribution in [1.82, 2.24) is 5.32 Å². The van der Waals surface area contributed by atoms with E-state index in [1.165, 1.54) is 5.56 Å². The van der Waals surface area contributed by atoms with Crippen molar-refractivity contribution in [1.29, 1.82) is 0 Å². The number of methoxy groups -OCH3 is 2. The van der Waals surface area contributed by atoms with Gasteiger partial charge < -0.3 is 14.8 Å². The summed E-state index contributed by atoms with van der Waals surface area (Å²) in [5.74, 6) is 0.776. The number of hydrogen-bond donors (Lipinski definition) is 1. The number of rotatable bonds is 5. The minimum absolute atomic E-state index is 0.114. The zero-order valence-corrected chi connectivity index (χ0v) is 14.3. The van der Waals surface area contributed by atoms with Crippen LogP contribution >= 0.6 is 0 Å². The Kier molecular flexibility index (Phi) is 5.27. The molecular formula is C19H23NO3. The summed E-state index contributed by atoms with van der Waals surface area (Å²) in [6.45, 7) is 6.06. The Balaban J connectivity index is 2.30. The summed E-state index contributed by atoms with van der Waals surface area (Å²) in [5.41, 5.74) is 3.83. The smallest absolute Gasteiger partial charge is 0.259 e. The summed E-state index contributed by atoms with van der Waals surface area (Å²) in [5, 5.41) is 3.03. The van der Waals surface area contributed by atoms with Crippen molar-refractivity contribution >= 4 is 5.91 Å². The normalized spacial score (nSPS) is 11.7. The predicted octanol–water partition coefficient (Wildman–Crippen LogP) is 3.81. The zero-order chi connectivity index (χ0) is 17.0. The van der Waals surface area contributed by atoms with E-state index in [0.717, 1.165) is 11.1 Å². The van der Waals surface area contributed by atoms with Gasteiger partial charge >= 0.3 is 0 Å². The van der Waals surface area contributed by atoms with Crippen molar-refractivity contribution < 1.29 is 14.3 Å². The third-order valence-corrected chi connectivity index (χ3v) is 3.90. The first-order valence-corrected chi connectivity index (χ1v) is 7.57. The number of hydrogen-bond acceptors (Lipinski definition) is 3. The highest BCUT2D eigenvalue weighted by Gasteiger charge is 2.20. The van der Waals surface area contributed by atoms with Crippen LogP contribution in [-0.4, -0.2) is 20.1 Å². The minimum Gasteiger partial charge on any atom is -0.496 e. The molecule has 23 heavy (non-hydrogen) atoms. The van der Waals surface area contributed by atoms with Crippen LogP contribution in [-0.2, 0) is 0 Å². The largest absolute Gasteiger partial charge is 0.496 e. The SMILES string of the molecule is COc1cccc(OC)c1C(=O)NC(C)c1cc(C)ccc1C. The van der Waals surface area contributed by atoms with Crippen molar-refractivity contribution in [2.75, 3.05) is 14.2 Å². The van der Waals surface area contributed by atoms with E-state index in [2.05, 4.69) is 23.5 Å². The molecule has 0 bridgehead atoms. The summed E-state index contributed by atoms with van der Waals surface area (Å²) in [7, 11) is 3.08. The minimum atomic E-state index is -0.215. The fraction of sp³-hybridized carbons (Fsp3) is 0.316. The molecule has 1 atom stereocenters. The standard InChI is InChI=1S/C19H23NO3/c1-12-9-10-13(2)15(11-12)14(3)20-19(21)18-16(22-4)7-6-8-17(18)23-5/h6-11,14H,1-5H3,(H,20,21). The van der Waals surface area contributed by atoms with Gasteiger partial charge in [0.05, 0.1) is 20.3 Å². The van der Waals surface area contributed by atoms with Gasteiger partial charge in [0.15, 0.2) is 0 Å². The fourth-order valence-corrected chi connectivity index (χ4v) is 2.65. The molecule has 0 aliphatic carbocycles. The van der Waals surface area contributed by atoms with Crippen LogP contribution in [0.5, 0.6) is 11.5 Å². The Morgan fingerprint density at radius 1 is 1.04 bits per heavy atom. The van der Waals surface area contributed by atoms with Gasteiger partial charge in [-0.2, -0.15) is 0 Å². The maximum atomic E-state index is 12.7. The zero-order valence-electron chi connectivity index (χ0n) is 14.3. The second-order valence-corrected chi connectivity index (χ2v) is 5.59. The third kappa shape index (κ3) is 3.65. The van der Waals surface area contributed by atoms with Crippen LogP contribution in [0.15, 0.2) is 36.4 Å². The highest BCUT2D eigenvalue weighted by molar-refractivity contribution is 6.00. The number of nitrogens with one attached hydrogen (secondary N) is 1. The lowest BCUT2D eigenvalue weighted by molar-refractivity contribution is 0.0933. The summed E-state index contributed by atoms with van der Waals surface area (Å²) >= 11 is 0. The molecule has 2 aromatic rings. The van der Waals surface area contributed by atoms with Gasteiger partial charge in [0.25, 0.3) is 5.91 Å². The monoisotopic (exact) mass is 313 g/mol. The summed E-state index contributed by atoms with van der Waals surface area (Å²) in [6.07, 6.45) is 0. The number of amides is 1. The molecule has 2 rings (SSSR count). The Hall–Kier alpha value is -2.49. The van der Waals surface area contributed by atoms with E-state index in [-0.39, 0.29) is 11.9 Å². The number of benzene rings is 2. The van der Waals surface area contributed by atoms with Gasteiger partial charge in [-0.1, -0.05) is 29.8 Å². The highest BCUT2D eigenvalue weighted by atomic mass is 16.5. The van der Waals surface area contributed by atoms with Gasteiger partial charge in [-0.15, -0.1) is 0 Å². The summed E-state index contributed by atoms with van der Waals surface area (Å²) < 4.78 is 10.6. The number of ether oxygens (including phenoxy) is 2. The number of carbonyl (C=O) groups excluding carboxylic acids is 1. The molecule has 0 fully saturated rings. The average Bonchev–Trinajstić information content (AvgIpc) is 2.55. The van der Waals surface area contributed by atoms with Crippen molar-refractivity contribution in [3.05, 3.63) is 58.7 Å². The van der Waals surface area contributed by atoms with E-state index in [4.69, 9.17) is 9.47 Å². The van der Waals surface area contributed by atoms with Gasteiger partial charge in [-0.3, -0.25) is 4.79 Å². The molecular weight excluding hydrogens is 290 g/mol. The van der Waals surface area contributed by atoms with Gasteiger partial charge in [-0.05, 0) is 44.0 Å². The first-order chi connectivity index (χ1) is 11.0. The predicted molar refractivity (Wildman–Crippen MR) is 91.3 cm³/mol. The second-order valence-electron chi connectivity index (χ2n) is 5.59. The van der Waals surface area contributed by atoms with Crippen LogP contribution in [0.25, 0.3) is 0 Å². The lowest BCUT2D eigenvalue weighted by Crippen LogP contribution is -2.28. The van der Waals surface area contributed by atoms with Crippen molar-refractivity contribution in [3.8, 4) is 11.5 Å². The lowest BCUT2D eigenvalue weighted by Gasteiger charge is -2.19. The van der Waals surface area contributed by atoms with Crippen molar-refractivity contribution in [2.45, 2.75) is 26.8 Å². The molecule has 2 aromatic carbocycles. The van der Waals surface area contributed by atoms with Crippen molar-refractivity contribution in [3.63, 3.8) is 0 Å². The quantitative estimate of drug-likeness (QED) is 0.913. The molecule has 0 spiro atoms.